The van der Waals surface area contributed by atoms with E-state index in [4.69, 9.17) is 16.7 Å². The zero-order valence-electron chi connectivity index (χ0n) is 9.44. The Morgan fingerprint density at radius 3 is 2.71 bits per heavy atom. The van der Waals surface area contributed by atoms with E-state index in [1.54, 1.807) is 43.3 Å². The van der Waals surface area contributed by atoms with E-state index < -0.39 is 5.97 Å². The predicted octanol–water partition coefficient (Wildman–Crippen LogP) is 2.65. The SMILES string of the molecule is CN(C)c1nc2c(Cl)cccc2cc1C(=O)O. The molecule has 17 heavy (non-hydrogen) atoms. The number of carbonyl (C=O) groups is 1. The van der Waals surface area contributed by atoms with Crippen molar-refractivity contribution in [1.82, 2.24) is 4.98 Å². The van der Waals surface area contributed by atoms with Gasteiger partial charge in [-0.25, -0.2) is 9.78 Å². The summed E-state index contributed by atoms with van der Waals surface area (Å²) in [6, 6.07) is 6.88. The molecule has 1 N–H and O–H groups in total. The molecule has 2 aromatic rings. The average molecular weight is 251 g/mol. The summed E-state index contributed by atoms with van der Waals surface area (Å²) in [6.45, 7) is 0. The molecule has 4 nitrogen and oxygen atoms in total. The summed E-state index contributed by atoms with van der Waals surface area (Å²) in [6.07, 6.45) is 0. The van der Waals surface area contributed by atoms with Crippen molar-refractivity contribution < 1.29 is 9.90 Å². The number of aromatic carboxylic acids is 1. The fourth-order valence-corrected chi connectivity index (χ4v) is 1.88. The number of fused-ring (bicyclic) bond motifs is 1. The monoisotopic (exact) mass is 250 g/mol. The lowest BCUT2D eigenvalue weighted by Crippen LogP contribution is -2.15. The first-order valence-electron chi connectivity index (χ1n) is 5.00. The van der Waals surface area contributed by atoms with E-state index in [1.807, 2.05) is 0 Å². The van der Waals surface area contributed by atoms with E-state index >= 15 is 0 Å². The van der Waals surface area contributed by atoms with E-state index in [0.717, 1.165) is 5.39 Å². The summed E-state index contributed by atoms with van der Waals surface area (Å²) < 4.78 is 0. The second-order valence-corrected chi connectivity index (χ2v) is 4.28. The maximum atomic E-state index is 11.2. The van der Waals surface area contributed by atoms with Gasteiger partial charge >= 0.3 is 5.97 Å². The van der Waals surface area contributed by atoms with Crippen LogP contribution in [0, 0.1) is 0 Å². The van der Waals surface area contributed by atoms with Crippen LogP contribution in [0.3, 0.4) is 0 Å². The van der Waals surface area contributed by atoms with Crippen LogP contribution >= 0.6 is 11.6 Å². The Labute approximate surface area is 103 Å². The molecule has 2 rings (SSSR count). The molecule has 0 saturated heterocycles. The van der Waals surface area contributed by atoms with Crippen molar-refractivity contribution in [3.05, 3.63) is 34.9 Å². The highest BCUT2D eigenvalue weighted by Crippen LogP contribution is 2.27. The summed E-state index contributed by atoms with van der Waals surface area (Å²) in [5.41, 5.74) is 0.785. The van der Waals surface area contributed by atoms with Gasteiger partial charge in [0.25, 0.3) is 0 Å². The molecule has 5 heteroatoms. The highest BCUT2D eigenvalue weighted by molar-refractivity contribution is 6.35. The van der Waals surface area contributed by atoms with Crippen LogP contribution in [0.4, 0.5) is 5.82 Å². The van der Waals surface area contributed by atoms with Gasteiger partial charge in [0.15, 0.2) is 0 Å². The highest BCUT2D eigenvalue weighted by atomic mass is 35.5. The van der Waals surface area contributed by atoms with Crippen LogP contribution < -0.4 is 4.90 Å². The van der Waals surface area contributed by atoms with Crippen LogP contribution in [0.15, 0.2) is 24.3 Å². The molecule has 0 spiro atoms. The van der Waals surface area contributed by atoms with Gasteiger partial charge < -0.3 is 10.0 Å². The largest absolute Gasteiger partial charge is 0.478 e. The summed E-state index contributed by atoms with van der Waals surface area (Å²) in [7, 11) is 3.49. The molecule has 0 aliphatic carbocycles. The van der Waals surface area contributed by atoms with E-state index in [0.29, 0.717) is 16.4 Å². The lowest BCUT2D eigenvalue weighted by atomic mass is 10.1. The maximum Gasteiger partial charge on any atom is 0.339 e. The lowest BCUT2D eigenvalue weighted by Gasteiger charge is -2.15. The molecule has 1 heterocycles. The van der Waals surface area contributed by atoms with E-state index in [9.17, 15) is 4.79 Å². The smallest absolute Gasteiger partial charge is 0.339 e. The third kappa shape index (κ3) is 2.03. The van der Waals surface area contributed by atoms with Gasteiger partial charge in [0.1, 0.15) is 11.4 Å². The van der Waals surface area contributed by atoms with Crippen molar-refractivity contribution >= 4 is 34.3 Å². The first-order valence-corrected chi connectivity index (χ1v) is 5.38. The van der Waals surface area contributed by atoms with Gasteiger partial charge in [-0.05, 0) is 12.1 Å². The van der Waals surface area contributed by atoms with Gasteiger partial charge in [-0.2, -0.15) is 0 Å². The Kier molecular flexibility index (Phi) is 2.90. The molecule has 0 radical (unpaired) electrons. The van der Waals surface area contributed by atoms with Crippen LogP contribution in [0.1, 0.15) is 10.4 Å². The Balaban J connectivity index is 2.82. The first kappa shape index (κ1) is 11.7. The fraction of sp³-hybridized carbons (Fsp3) is 0.167. The molecule has 0 amide bonds. The molecule has 88 valence electrons. The first-order chi connectivity index (χ1) is 8.00. The Hall–Kier alpha value is -1.81. The average Bonchev–Trinajstić information content (AvgIpc) is 2.27. The number of benzene rings is 1. The van der Waals surface area contributed by atoms with Crippen LogP contribution in [-0.4, -0.2) is 30.2 Å². The molecule has 0 unspecified atom stereocenters. The summed E-state index contributed by atoms with van der Waals surface area (Å²) in [5.74, 6) is -0.596. The molecule has 1 aromatic carbocycles. The molecule has 0 fully saturated rings. The van der Waals surface area contributed by atoms with Crippen molar-refractivity contribution in [2.24, 2.45) is 0 Å². The van der Waals surface area contributed by atoms with Gasteiger partial charge in [-0.15, -0.1) is 0 Å². The molecular weight excluding hydrogens is 240 g/mol. The van der Waals surface area contributed by atoms with Crippen molar-refractivity contribution in [3.63, 3.8) is 0 Å². The Bertz CT molecular complexity index is 596. The third-order valence-electron chi connectivity index (χ3n) is 2.43. The van der Waals surface area contributed by atoms with Crippen molar-refractivity contribution in [3.8, 4) is 0 Å². The van der Waals surface area contributed by atoms with Crippen LogP contribution in [0.2, 0.25) is 5.02 Å². The van der Waals surface area contributed by atoms with Gasteiger partial charge in [-0.1, -0.05) is 23.7 Å². The Morgan fingerprint density at radius 2 is 2.12 bits per heavy atom. The minimum Gasteiger partial charge on any atom is -0.478 e. The number of hydrogen-bond acceptors (Lipinski definition) is 3. The fourth-order valence-electron chi connectivity index (χ4n) is 1.65. The Morgan fingerprint density at radius 1 is 1.41 bits per heavy atom. The van der Waals surface area contributed by atoms with Crippen molar-refractivity contribution in [2.75, 3.05) is 19.0 Å². The second-order valence-electron chi connectivity index (χ2n) is 3.87. The molecule has 0 atom stereocenters. The normalized spacial score (nSPS) is 10.5. The standard InChI is InChI=1S/C12H11ClN2O2/c1-15(2)11-8(12(16)17)6-7-4-3-5-9(13)10(7)14-11/h3-6H,1-2H3,(H,16,17). The third-order valence-corrected chi connectivity index (χ3v) is 2.74. The highest BCUT2D eigenvalue weighted by Gasteiger charge is 2.15. The van der Waals surface area contributed by atoms with E-state index in [1.165, 1.54) is 0 Å². The zero-order valence-corrected chi connectivity index (χ0v) is 10.2. The van der Waals surface area contributed by atoms with Gasteiger partial charge in [0.05, 0.1) is 10.5 Å². The number of carboxylic acid groups (broad SMARTS) is 1. The molecule has 0 aliphatic rings. The van der Waals surface area contributed by atoms with Crippen LogP contribution in [-0.2, 0) is 0 Å². The zero-order chi connectivity index (χ0) is 12.6. The van der Waals surface area contributed by atoms with Crippen molar-refractivity contribution in [2.45, 2.75) is 0 Å². The van der Waals surface area contributed by atoms with Gasteiger partial charge in [0, 0.05) is 19.5 Å². The second kappa shape index (κ2) is 4.22. The molecule has 0 bridgehead atoms. The number of para-hydroxylation sites is 1. The number of carboxylic acids is 1. The number of nitrogens with zero attached hydrogens (tertiary/aromatic N) is 2. The number of anilines is 1. The number of hydrogen-bond donors (Lipinski definition) is 1. The summed E-state index contributed by atoms with van der Waals surface area (Å²) >= 11 is 6.04. The molecule has 0 saturated carbocycles. The number of aromatic nitrogens is 1. The van der Waals surface area contributed by atoms with Crippen molar-refractivity contribution in [1.29, 1.82) is 0 Å². The van der Waals surface area contributed by atoms with Crippen LogP contribution in [0.5, 0.6) is 0 Å². The number of halogens is 1. The summed E-state index contributed by atoms with van der Waals surface area (Å²) in [4.78, 5) is 17.1. The van der Waals surface area contributed by atoms with E-state index in [-0.39, 0.29) is 5.56 Å². The molecule has 0 aliphatic heterocycles. The van der Waals surface area contributed by atoms with Gasteiger partial charge in [-0.3, -0.25) is 0 Å². The minimum absolute atomic E-state index is 0.171. The molecular formula is C12H11ClN2O2. The lowest BCUT2D eigenvalue weighted by molar-refractivity contribution is 0.0697. The number of pyridine rings is 1. The maximum absolute atomic E-state index is 11.2. The topological polar surface area (TPSA) is 53.4 Å². The molecule has 1 aromatic heterocycles. The minimum atomic E-state index is -0.997. The number of rotatable bonds is 2. The quantitative estimate of drug-likeness (QED) is 0.890. The van der Waals surface area contributed by atoms with E-state index in [2.05, 4.69) is 4.98 Å². The predicted molar refractivity (Wildman–Crippen MR) is 68.0 cm³/mol. The van der Waals surface area contributed by atoms with Crippen LogP contribution in [0.25, 0.3) is 10.9 Å². The van der Waals surface area contributed by atoms with Gasteiger partial charge in [0.2, 0.25) is 0 Å². The summed E-state index contributed by atoms with van der Waals surface area (Å²) in [5, 5.41) is 10.4.